The van der Waals surface area contributed by atoms with Gasteiger partial charge in [-0.3, -0.25) is 9.48 Å². The number of carbonyl (C=O) groups excluding carboxylic acids is 1. The van der Waals surface area contributed by atoms with Crippen LogP contribution in [0.1, 0.15) is 10.4 Å². The average molecular weight is 308 g/mol. The van der Waals surface area contributed by atoms with Crippen molar-refractivity contribution in [3.8, 4) is 11.5 Å². The molecule has 0 aliphatic rings. The van der Waals surface area contributed by atoms with Gasteiger partial charge in [0.1, 0.15) is 5.82 Å². The van der Waals surface area contributed by atoms with E-state index >= 15 is 0 Å². The van der Waals surface area contributed by atoms with Gasteiger partial charge < -0.3 is 14.7 Å². The molecule has 0 saturated carbocycles. The highest BCUT2D eigenvalue weighted by Gasteiger charge is 2.11. The van der Waals surface area contributed by atoms with Crippen LogP contribution in [0.2, 0.25) is 0 Å². The smallest absolute Gasteiger partial charge is 0.260 e. The van der Waals surface area contributed by atoms with E-state index in [1.807, 2.05) is 6.07 Å². The van der Waals surface area contributed by atoms with Gasteiger partial charge in [0, 0.05) is 30.9 Å². The molecule has 0 saturated heterocycles. The SMILES string of the molecule is Cn1cc(C(=O)Nc2cc3[nH]c(-c4cnco4)cc3cn2)cn1. The summed E-state index contributed by atoms with van der Waals surface area (Å²) in [6, 6.07) is 3.68. The van der Waals surface area contributed by atoms with E-state index in [9.17, 15) is 4.79 Å². The van der Waals surface area contributed by atoms with Crippen LogP contribution in [0.15, 0.2) is 47.7 Å². The fourth-order valence-corrected chi connectivity index (χ4v) is 2.30. The Kier molecular flexibility index (Phi) is 2.94. The molecule has 0 atom stereocenters. The Morgan fingerprint density at radius 2 is 2.22 bits per heavy atom. The lowest BCUT2D eigenvalue weighted by atomic mass is 10.3. The highest BCUT2D eigenvalue weighted by atomic mass is 16.3. The number of pyridine rings is 1. The molecule has 0 spiro atoms. The second kappa shape index (κ2) is 5.09. The Hall–Kier alpha value is -3.42. The summed E-state index contributed by atoms with van der Waals surface area (Å²) in [6.45, 7) is 0. The van der Waals surface area contributed by atoms with Crippen molar-refractivity contribution in [3.63, 3.8) is 0 Å². The van der Waals surface area contributed by atoms with E-state index in [0.29, 0.717) is 17.1 Å². The first kappa shape index (κ1) is 13.3. The Balaban J connectivity index is 1.62. The molecular weight excluding hydrogens is 296 g/mol. The van der Waals surface area contributed by atoms with E-state index in [0.717, 1.165) is 16.6 Å². The van der Waals surface area contributed by atoms with Crippen LogP contribution in [-0.4, -0.2) is 30.6 Å². The predicted octanol–water partition coefficient (Wildman–Crippen LogP) is 2.20. The molecule has 114 valence electrons. The summed E-state index contributed by atoms with van der Waals surface area (Å²) in [5.74, 6) is 0.839. The van der Waals surface area contributed by atoms with Gasteiger partial charge in [0.15, 0.2) is 12.2 Å². The number of aryl methyl sites for hydroxylation is 1. The van der Waals surface area contributed by atoms with Gasteiger partial charge in [-0.15, -0.1) is 0 Å². The minimum Gasteiger partial charge on any atom is -0.442 e. The first-order chi connectivity index (χ1) is 11.2. The van der Waals surface area contributed by atoms with Crippen LogP contribution < -0.4 is 5.32 Å². The van der Waals surface area contributed by atoms with Gasteiger partial charge in [-0.1, -0.05) is 0 Å². The summed E-state index contributed by atoms with van der Waals surface area (Å²) < 4.78 is 6.83. The second-order valence-electron chi connectivity index (χ2n) is 5.06. The first-order valence-corrected chi connectivity index (χ1v) is 6.87. The number of nitrogens with zero attached hydrogens (tertiary/aromatic N) is 4. The lowest BCUT2D eigenvalue weighted by Gasteiger charge is -2.02. The average Bonchev–Trinajstić information content (AvgIpc) is 3.26. The van der Waals surface area contributed by atoms with Crippen LogP contribution in [0.5, 0.6) is 0 Å². The highest BCUT2D eigenvalue weighted by Crippen LogP contribution is 2.24. The molecule has 4 heterocycles. The zero-order valence-corrected chi connectivity index (χ0v) is 12.1. The van der Waals surface area contributed by atoms with E-state index in [1.165, 1.54) is 12.6 Å². The highest BCUT2D eigenvalue weighted by molar-refractivity contribution is 6.04. The topological polar surface area (TPSA) is 102 Å². The monoisotopic (exact) mass is 308 g/mol. The van der Waals surface area contributed by atoms with E-state index in [4.69, 9.17) is 4.42 Å². The zero-order valence-electron chi connectivity index (χ0n) is 12.1. The minimum absolute atomic E-state index is 0.257. The Morgan fingerprint density at radius 1 is 1.30 bits per heavy atom. The number of nitrogens with one attached hydrogen (secondary N) is 2. The molecule has 0 radical (unpaired) electrons. The van der Waals surface area contributed by atoms with Crippen LogP contribution in [0.3, 0.4) is 0 Å². The summed E-state index contributed by atoms with van der Waals surface area (Å²) in [7, 11) is 1.75. The molecule has 8 nitrogen and oxygen atoms in total. The van der Waals surface area contributed by atoms with Gasteiger partial charge in [0.25, 0.3) is 5.91 Å². The number of hydrogen-bond donors (Lipinski definition) is 2. The molecule has 0 bridgehead atoms. The quantitative estimate of drug-likeness (QED) is 0.604. The van der Waals surface area contributed by atoms with E-state index < -0.39 is 0 Å². The number of anilines is 1. The largest absolute Gasteiger partial charge is 0.442 e. The number of amides is 1. The lowest BCUT2D eigenvalue weighted by Crippen LogP contribution is -2.12. The van der Waals surface area contributed by atoms with Gasteiger partial charge in [-0.05, 0) is 6.07 Å². The van der Waals surface area contributed by atoms with Gasteiger partial charge in [0.05, 0.1) is 29.2 Å². The van der Waals surface area contributed by atoms with Gasteiger partial charge in [-0.2, -0.15) is 5.10 Å². The van der Waals surface area contributed by atoms with Crippen molar-refractivity contribution < 1.29 is 9.21 Å². The molecule has 1 amide bonds. The standard InChI is InChI=1S/C15H12N6O2/c1-21-7-10(5-18-21)15(22)20-14-3-11-9(4-17-14)2-12(19-11)13-6-16-8-23-13/h2-8,19H,1H3,(H,17,20,22). The Bertz CT molecular complexity index is 983. The molecule has 0 aliphatic carbocycles. The lowest BCUT2D eigenvalue weighted by molar-refractivity contribution is 0.102. The molecular formula is C15H12N6O2. The number of rotatable bonds is 3. The first-order valence-electron chi connectivity index (χ1n) is 6.87. The van der Waals surface area contributed by atoms with Crippen molar-refractivity contribution in [2.24, 2.45) is 7.05 Å². The van der Waals surface area contributed by atoms with E-state index in [-0.39, 0.29) is 5.91 Å². The summed E-state index contributed by atoms with van der Waals surface area (Å²) in [5, 5.41) is 7.64. The molecule has 4 aromatic rings. The molecule has 8 heteroatoms. The van der Waals surface area contributed by atoms with E-state index in [2.05, 4.69) is 25.4 Å². The summed E-state index contributed by atoms with van der Waals surface area (Å²) in [4.78, 5) is 23.5. The summed E-state index contributed by atoms with van der Waals surface area (Å²) in [6.07, 6.45) is 7.83. The van der Waals surface area contributed by atoms with Crippen molar-refractivity contribution in [1.29, 1.82) is 0 Å². The summed E-state index contributed by atoms with van der Waals surface area (Å²) >= 11 is 0. The third-order valence-corrected chi connectivity index (χ3v) is 3.41. The van der Waals surface area contributed by atoms with Gasteiger partial charge in [0.2, 0.25) is 0 Å². The normalized spacial score (nSPS) is 11.0. The maximum atomic E-state index is 12.1. The third kappa shape index (κ3) is 2.46. The predicted molar refractivity (Wildman–Crippen MR) is 82.8 cm³/mol. The number of hydrogen-bond acceptors (Lipinski definition) is 5. The zero-order chi connectivity index (χ0) is 15.8. The van der Waals surface area contributed by atoms with Crippen molar-refractivity contribution in [2.45, 2.75) is 0 Å². The minimum atomic E-state index is -0.257. The van der Waals surface area contributed by atoms with Crippen molar-refractivity contribution in [2.75, 3.05) is 5.32 Å². The van der Waals surface area contributed by atoms with Crippen molar-refractivity contribution in [3.05, 3.63) is 48.9 Å². The van der Waals surface area contributed by atoms with E-state index in [1.54, 1.807) is 36.4 Å². The van der Waals surface area contributed by atoms with Crippen LogP contribution >= 0.6 is 0 Å². The molecule has 0 fully saturated rings. The van der Waals surface area contributed by atoms with Crippen molar-refractivity contribution in [1.82, 2.24) is 24.7 Å². The maximum absolute atomic E-state index is 12.1. The van der Waals surface area contributed by atoms with Gasteiger partial charge in [-0.25, -0.2) is 9.97 Å². The van der Waals surface area contributed by atoms with Crippen LogP contribution in [-0.2, 0) is 7.05 Å². The molecule has 4 aromatic heterocycles. The van der Waals surface area contributed by atoms with Crippen LogP contribution in [0.4, 0.5) is 5.82 Å². The molecule has 0 aromatic carbocycles. The number of aromatic amines is 1. The number of fused-ring (bicyclic) bond motifs is 1. The fourth-order valence-electron chi connectivity index (χ4n) is 2.30. The number of oxazole rings is 1. The molecule has 0 aliphatic heterocycles. The number of carbonyl (C=O) groups is 1. The Morgan fingerprint density at radius 3 is 2.96 bits per heavy atom. The second-order valence-corrected chi connectivity index (χ2v) is 5.06. The summed E-state index contributed by atoms with van der Waals surface area (Å²) in [5.41, 5.74) is 2.12. The number of aromatic nitrogens is 5. The third-order valence-electron chi connectivity index (χ3n) is 3.41. The fraction of sp³-hybridized carbons (Fsp3) is 0.0667. The van der Waals surface area contributed by atoms with Crippen LogP contribution in [0, 0.1) is 0 Å². The van der Waals surface area contributed by atoms with Crippen LogP contribution in [0.25, 0.3) is 22.4 Å². The number of H-pyrrole nitrogens is 1. The maximum Gasteiger partial charge on any atom is 0.260 e. The molecule has 4 rings (SSSR count). The Labute approximate surface area is 130 Å². The van der Waals surface area contributed by atoms with Crippen molar-refractivity contribution >= 4 is 22.6 Å². The molecule has 0 unspecified atom stereocenters. The van der Waals surface area contributed by atoms with Gasteiger partial charge >= 0.3 is 0 Å². The molecule has 2 N–H and O–H groups in total. The molecule has 23 heavy (non-hydrogen) atoms.